The molecule has 5 N–H and O–H groups in total. The molecule has 0 saturated heterocycles. The molecule has 2 aromatic carbocycles. The molecular weight excluding hydrogens is 380 g/mol. The Labute approximate surface area is 170 Å². The molecule has 0 bridgehead atoms. The predicted octanol–water partition coefficient (Wildman–Crippen LogP) is 3.40. The van der Waals surface area contributed by atoms with Crippen molar-refractivity contribution in [1.29, 1.82) is 0 Å². The molecule has 9 heteroatoms. The zero-order valence-electron chi connectivity index (χ0n) is 15.9. The molecule has 148 valence electrons. The smallest absolute Gasteiger partial charge is 0.180 e. The third-order valence-corrected chi connectivity index (χ3v) is 5.18. The quantitative estimate of drug-likeness (QED) is 0.368. The Morgan fingerprint density at radius 2 is 2.13 bits per heavy atom. The zero-order valence-corrected chi connectivity index (χ0v) is 15.9. The maximum absolute atomic E-state index is 5.98. The van der Waals surface area contributed by atoms with E-state index in [0.29, 0.717) is 18.2 Å². The predicted molar refractivity (Wildman–Crippen MR) is 116 cm³/mol. The number of benzene rings is 2. The number of nitrogen functional groups attached to an aromatic ring is 1. The average Bonchev–Trinajstić information content (AvgIpc) is 3.40. The molecular formula is C21H18N8O. The summed E-state index contributed by atoms with van der Waals surface area (Å²) in [4.78, 5) is 9.31. The molecule has 0 aliphatic carbocycles. The molecule has 9 nitrogen and oxygen atoms in total. The van der Waals surface area contributed by atoms with Crippen molar-refractivity contribution in [3.8, 4) is 17.0 Å². The van der Waals surface area contributed by atoms with Crippen LogP contribution in [0.2, 0.25) is 0 Å². The Hall–Kier alpha value is -4.27. The van der Waals surface area contributed by atoms with Gasteiger partial charge < -0.3 is 25.5 Å². The molecule has 0 saturated carbocycles. The van der Waals surface area contributed by atoms with Crippen LogP contribution in [0.4, 0.5) is 23.0 Å². The highest BCUT2D eigenvalue weighted by molar-refractivity contribution is 5.92. The van der Waals surface area contributed by atoms with E-state index in [1.54, 1.807) is 6.20 Å². The highest BCUT2D eigenvalue weighted by Crippen LogP contribution is 2.32. The van der Waals surface area contributed by atoms with Gasteiger partial charge in [-0.3, -0.25) is 5.10 Å². The van der Waals surface area contributed by atoms with Crippen LogP contribution in [-0.2, 0) is 0 Å². The summed E-state index contributed by atoms with van der Waals surface area (Å²) in [7, 11) is 0. The van der Waals surface area contributed by atoms with Gasteiger partial charge >= 0.3 is 0 Å². The van der Waals surface area contributed by atoms with E-state index in [2.05, 4.69) is 25.8 Å². The van der Waals surface area contributed by atoms with Crippen LogP contribution in [0.1, 0.15) is 0 Å². The summed E-state index contributed by atoms with van der Waals surface area (Å²) in [5.74, 6) is 1.98. The van der Waals surface area contributed by atoms with Crippen LogP contribution in [0.15, 0.2) is 55.0 Å². The van der Waals surface area contributed by atoms with Gasteiger partial charge in [-0.05, 0) is 30.3 Å². The van der Waals surface area contributed by atoms with Crippen molar-refractivity contribution in [2.75, 3.05) is 29.5 Å². The first-order chi connectivity index (χ1) is 14.7. The van der Waals surface area contributed by atoms with E-state index >= 15 is 0 Å². The number of anilines is 4. The molecule has 5 aromatic rings. The van der Waals surface area contributed by atoms with Gasteiger partial charge in [-0.15, -0.1) is 0 Å². The van der Waals surface area contributed by atoms with Crippen molar-refractivity contribution in [2.24, 2.45) is 0 Å². The summed E-state index contributed by atoms with van der Waals surface area (Å²) in [5.41, 5.74) is 11.2. The molecule has 0 radical (unpaired) electrons. The largest absolute Gasteiger partial charge is 0.490 e. The molecule has 30 heavy (non-hydrogen) atoms. The van der Waals surface area contributed by atoms with Gasteiger partial charge in [0.05, 0.1) is 16.9 Å². The van der Waals surface area contributed by atoms with Crippen molar-refractivity contribution < 1.29 is 4.74 Å². The molecule has 0 amide bonds. The van der Waals surface area contributed by atoms with E-state index in [1.807, 2.05) is 53.2 Å². The third-order valence-electron chi connectivity index (χ3n) is 5.18. The number of ether oxygens (including phenoxy) is 1. The van der Waals surface area contributed by atoms with Gasteiger partial charge in [0.25, 0.3) is 0 Å². The number of hydrogen-bond donors (Lipinski definition) is 4. The SMILES string of the molecule is Nc1n[nH]c2ccc(-c3cn4ccnc4c(Nc4ccc5c(c4)NCCO5)n3)cc12. The van der Waals surface area contributed by atoms with Gasteiger partial charge in [-0.2, -0.15) is 5.10 Å². The first kappa shape index (κ1) is 16.7. The second-order valence-electron chi connectivity index (χ2n) is 7.11. The highest BCUT2D eigenvalue weighted by Gasteiger charge is 2.14. The molecule has 0 atom stereocenters. The van der Waals surface area contributed by atoms with E-state index in [0.717, 1.165) is 51.5 Å². The molecule has 6 rings (SSSR count). The Morgan fingerprint density at radius 1 is 1.17 bits per heavy atom. The number of imidazole rings is 1. The van der Waals surface area contributed by atoms with Crippen molar-refractivity contribution in [2.45, 2.75) is 0 Å². The normalized spacial score (nSPS) is 13.1. The van der Waals surface area contributed by atoms with Crippen LogP contribution >= 0.6 is 0 Å². The number of nitrogens with two attached hydrogens (primary N) is 1. The van der Waals surface area contributed by atoms with Crippen molar-refractivity contribution in [1.82, 2.24) is 24.6 Å². The molecule has 4 heterocycles. The fraction of sp³-hybridized carbons (Fsp3) is 0.0952. The lowest BCUT2D eigenvalue weighted by Gasteiger charge is -2.20. The monoisotopic (exact) mass is 398 g/mol. The highest BCUT2D eigenvalue weighted by atomic mass is 16.5. The second kappa shape index (κ2) is 6.38. The van der Waals surface area contributed by atoms with E-state index < -0.39 is 0 Å². The Bertz CT molecular complexity index is 1400. The summed E-state index contributed by atoms with van der Waals surface area (Å²) in [5, 5.41) is 14.6. The number of nitrogens with zero attached hydrogens (tertiary/aromatic N) is 4. The van der Waals surface area contributed by atoms with Crippen LogP contribution in [0, 0.1) is 0 Å². The maximum Gasteiger partial charge on any atom is 0.180 e. The van der Waals surface area contributed by atoms with Gasteiger partial charge in [0.2, 0.25) is 0 Å². The molecule has 0 spiro atoms. The number of rotatable bonds is 3. The summed E-state index contributed by atoms with van der Waals surface area (Å²) in [6.07, 6.45) is 5.61. The van der Waals surface area contributed by atoms with Gasteiger partial charge in [0.15, 0.2) is 17.3 Å². The van der Waals surface area contributed by atoms with Crippen LogP contribution < -0.4 is 21.1 Å². The van der Waals surface area contributed by atoms with Crippen LogP contribution in [-0.4, -0.2) is 37.7 Å². The van der Waals surface area contributed by atoms with E-state index in [9.17, 15) is 0 Å². The third kappa shape index (κ3) is 2.67. The van der Waals surface area contributed by atoms with Crippen molar-refractivity contribution in [3.63, 3.8) is 0 Å². The molecule has 0 unspecified atom stereocenters. The van der Waals surface area contributed by atoms with Gasteiger partial charge in [0, 0.05) is 41.8 Å². The summed E-state index contributed by atoms with van der Waals surface area (Å²) in [6, 6.07) is 11.9. The average molecular weight is 398 g/mol. The summed E-state index contributed by atoms with van der Waals surface area (Å²) in [6.45, 7) is 1.46. The van der Waals surface area contributed by atoms with Crippen LogP contribution in [0.25, 0.3) is 27.8 Å². The van der Waals surface area contributed by atoms with Crippen LogP contribution in [0.3, 0.4) is 0 Å². The standard InChI is InChI=1S/C21H18N8O/c22-19-14-9-12(1-3-15(14)27-28-19)17-11-29-7-5-24-21(29)20(26-17)25-13-2-4-18-16(10-13)23-6-8-30-18/h1-5,7,9-11,23H,6,8H2,(H,25,26)(H3,22,27,28). The lowest BCUT2D eigenvalue weighted by Crippen LogP contribution is -2.17. The van der Waals surface area contributed by atoms with Crippen LogP contribution in [0.5, 0.6) is 5.75 Å². The number of hydrogen-bond acceptors (Lipinski definition) is 7. The van der Waals surface area contributed by atoms with E-state index in [-0.39, 0.29) is 0 Å². The van der Waals surface area contributed by atoms with E-state index in [4.69, 9.17) is 15.5 Å². The van der Waals surface area contributed by atoms with Gasteiger partial charge in [-0.1, -0.05) is 6.07 Å². The lowest BCUT2D eigenvalue weighted by atomic mass is 10.1. The number of nitrogens with one attached hydrogen (secondary N) is 3. The zero-order chi connectivity index (χ0) is 20.1. The molecule has 1 aliphatic heterocycles. The van der Waals surface area contributed by atoms with Gasteiger partial charge in [-0.25, -0.2) is 9.97 Å². The molecule has 3 aromatic heterocycles. The number of aromatic amines is 1. The maximum atomic E-state index is 5.98. The minimum absolute atomic E-state index is 0.470. The fourth-order valence-electron chi connectivity index (χ4n) is 3.70. The van der Waals surface area contributed by atoms with E-state index in [1.165, 1.54) is 0 Å². The Morgan fingerprint density at radius 3 is 3.10 bits per heavy atom. The van der Waals surface area contributed by atoms with Crippen molar-refractivity contribution in [3.05, 3.63) is 55.0 Å². The summed E-state index contributed by atoms with van der Waals surface area (Å²) < 4.78 is 7.61. The molecule has 0 fully saturated rings. The fourth-order valence-corrected chi connectivity index (χ4v) is 3.70. The van der Waals surface area contributed by atoms with Gasteiger partial charge in [0.1, 0.15) is 12.4 Å². The minimum Gasteiger partial charge on any atom is -0.490 e. The topological polar surface area (TPSA) is 118 Å². The first-order valence-corrected chi connectivity index (χ1v) is 9.60. The minimum atomic E-state index is 0.470. The number of aromatic nitrogens is 5. The number of H-pyrrole nitrogens is 1. The molecule has 1 aliphatic rings. The van der Waals surface area contributed by atoms with Crippen molar-refractivity contribution >= 4 is 39.6 Å². The lowest BCUT2D eigenvalue weighted by molar-refractivity contribution is 0.323. The second-order valence-corrected chi connectivity index (χ2v) is 7.11. The Balaban J connectivity index is 1.44. The number of fused-ring (bicyclic) bond motifs is 3. The summed E-state index contributed by atoms with van der Waals surface area (Å²) >= 11 is 0. The first-order valence-electron chi connectivity index (χ1n) is 9.60. The Kier molecular flexibility index (Phi) is 3.54.